The van der Waals surface area contributed by atoms with E-state index in [9.17, 15) is 9.59 Å². The minimum atomic E-state index is -0.486. The molecule has 0 fully saturated rings. The fraction of sp³-hybridized carbons (Fsp3) is 0.385. The number of carbonyl (C=O) groups excluding carboxylic acids is 2. The summed E-state index contributed by atoms with van der Waals surface area (Å²) < 4.78 is 11.1. The minimum Gasteiger partial charge on any atom is -0.465 e. The average molecular weight is 277 g/mol. The molecule has 2 aromatic heterocycles. The summed E-state index contributed by atoms with van der Waals surface area (Å²) in [5, 5.41) is 4.09. The lowest BCUT2D eigenvalue weighted by atomic mass is 10.1. The number of hydrogen-bond donors (Lipinski definition) is 0. The SMILES string of the molecule is CCOC(=O)c1cnn2c(C)c(C(=O)OC)c(C)nc12. The van der Waals surface area contributed by atoms with Crippen LogP contribution in [0.1, 0.15) is 39.0 Å². The maximum Gasteiger partial charge on any atom is 0.343 e. The molecule has 0 radical (unpaired) electrons. The van der Waals surface area contributed by atoms with Crippen LogP contribution in [0.4, 0.5) is 0 Å². The van der Waals surface area contributed by atoms with Crippen molar-refractivity contribution in [1.29, 1.82) is 0 Å². The number of fused-ring (bicyclic) bond motifs is 1. The van der Waals surface area contributed by atoms with Crippen molar-refractivity contribution in [1.82, 2.24) is 14.6 Å². The molecule has 0 aromatic carbocycles. The van der Waals surface area contributed by atoms with E-state index in [0.717, 1.165) is 0 Å². The molecule has 7 nitrogen and oxygen atoms in total. The monoisotopic (exact) mass is 277 g/mol. The predicted molar refractivity (Wildman–Crippen MR) is 69.8 cm³/mol. The Balaban J connectivity index is 2.66. The molecule has 2 aromatic rings. The predicted octanol–water partition coefficient (Wildman–Crippen LogP) is 1.31. The Kier molecular flexibility index (Phi) is 3.69. The third-order valence-corrected chi connectivity index (χ3v) is 2.94. The number of aromatic nitrogens is 3. The number of carbonyl (C=O) groups is 2. The molecule has 0 aliphatic carbocycles. The third-order valence-electron chi connectivity index (χ3n) is 2.94. The number of ether oxygens (including phenoxy) is 2. The smallest absolute Gasteiger partial charge is 0.343 e. The Bertz CT molecular complexity index is 690. The first kappa shape index (κ1) is 14.0. The number of methoxy groups -OCH3 is 1. The van der Waals surface area contributed by atoms with Gasteiger partial charge in [0.25, 0.3) is 0 Å². The topological polar surface area (TPSA) is 82.8 Å². The van der Waals surface area contributed by atoms with Crippen LogP contribution in [0.3, 0.4) is 0 Å². The molecular formula is C13H15N3O4. The average Bonchev–Trinajstić information content (AvgIpc) is 2.82. The molecule has 0 amide bonds. The number of nitrogens with zero attached hydrogens (tertiary/aromatic N) is 3. The molecule has 0 unspecified atom stereocenters. The number of hydrogen-bond acceptors (Lipinski definition) is 6. The van der Waals surface area contributed by atoms with Gasteiger partial charge < -0.3 is 9.47 Å². The summed E-state index contributed by atoms with van der Waals surface area (Å²) >= 11 is 0. The lowest BCUT2D eigenvalue weighted by Gasteiger charge is -2.09. The van der Waals surface area contributed by atoms with Crippen LogP contribution in [-0.2, 0) is 9.47 Å². The van der Waals surface area contributed by atoms with Crippen LogP contribution >= 0.6 is 0 Å². The zero-order valence-electron chi connectivity index (χ0n) is 11.8. The molecule has 0 bridgehead atoms. The first-order valence-corrected chi connectivity index (χ1v) is 6.11. The summed E-state index contributed by atoms with van der Waals surface area (Å²) in [5.74, 6) is -0.970. The van der Waals surface area contributed by atoms with Crippen molar-refractivity contribution in [2.75, 3.05) is 13.7 Å². The molecule has 20 heavy (non-hydrogen) atoms. The van der Waals surface area contributed by atoms with Gasteiger partial charge in [0, 0.05) is 0 Å². The van der Waals surface area contributed by atoms with Crippen LogP contribution in [-0.4, -0.2) is 40.3 Å². The van der Waals surface area contributed by atoms with Crippen molar-refractivity contribution < 1.29 is 19.1 Å². The number of esters is 2. The van der Waals surface area contributed by atoms with Crippen LogP contribution in [0.25, 0.3) is 5.65 Å². The van der Waals surface area contributed by atoms with Crippen molar-refractivity contribution in [3.05, 3.63) is 28.7 Å². The van der Waals surface area contributed by atoms with Gasteiger partial charge in [0.15, 0.2) is 5.65 Å². The Morgan fingerprint density at radius 2 is 2.00 bits per heavy atom. The van der Waals surface area contributed by atoms with E-state index in [1.165, 1.54) is 17.8 Å². The van der Waals surface area contributed by atoms with Crippen LogP contribution in [0.5, 0.6) is 0 Å². The molecule has 2 rings (SSSR count). The van der Waals surface area contributed by atoms with Gasteiger partial charge in [-0.15, -0.1) is 0 Å². The first-order chi connectivity index (χ1) is 9.51. The second-order valence-electron chi connectivity index (χ2n) is 4.16. The third kappa shape index (κ3) is 2.11. The summed E-state index contributed by atoms with van der Waals surface area (Å²) in [6.45, 7) is 5.40. The second kappa shape index (κ2) is 5.28. The molecule has 0 saturated carbocycles. The standard InChI is InChI=1S/C13H15N3O4/c1-5-20-12(17)9-6-14-16-8(3)10(13(18)19-4)7(2)15-11(9)16/h6H,5H2,1-4H3. The van der Waals surface area contributed by atoms with Gasteiger partial charge in [-0.25, -0.2) is 19.1 Å². The highest BCUT2D eigenvalue weighted by Crippen LogP contribution is 2.18. The van der Waals surface area contributed by atoms with Crippen molar-refractivity contribution >= 4 is 17.6 Å². The Hall–Kier alpha value is -2.44. The zero-order valence-corrected chi connectivity index (χ0v) is 11.8. The molecule has 0 aliphatic rings. The summed E-state index contributed by atoms with van der Waals surface area (Å²) in [7, 11) is 1.30. The van der Waals surface area contributed by atoms with E-state index in [-0.39, 0.29) is 12.2 Å². The van der Waals surface area contributed by atoms with E-state index in [0.29, 0.717) is 22.6 Å². The van der Waals surface area contributed by atoms with E-state index in [1.54, 1.807) is 20.8 Å². The first-order valence-electron chi connectivity index (χ1n) is 6.11. The number of rotatable bonds is 3. The largest absolute Gasteiger partial charge is 0.465 e. The van der Waals surface area contributed by atoms with Gasteiger partial charge >= 0.3 is 11.9 Å². The molecular weight excluding hydrogens is 262 g/mol. The summed E-state index contributed by atoms with van der Waals surface area (Å²) in [4.78, 5) is 27.8. The number of aryl methyl sites for hydroxylation is 2. The fourth-order valence-electron chi connectivity index (χ4n) is 2.03. The van der Waals surface area contributed by atoms with Crippen LogP contribution < -0.4 is 0 Å². The second-order valence-corrected chi connectivity index (χ2v) is 4.16. The molecule has 0 atom stereocenters. The maximum absolute atomic E-state index is 11.8. The van der Waals surface area contributed by atoms with Gasteiger partial charge in [-0.05, 0) is 20.8 Å². The van der Waals surface area contributed by atoms with Gasteiger partial charge in [0.05, 0.1) is 31.3 Å². The Labute approximate surface area is 115 Å². The van der Waals surface area contributed by atoms with Crippen LogP contribution in [0, 0.1) is 13.8 Å². The maximum atomic E-state index is 11.8. The van der Waals surface area contributed by atoms with Crippen LogP contribution in [0.15, 0.2) is 6.20 Å². The minimum absolute atomic E-state index is 0.272. The van der Waals surface area contributed by atoms with E-state index >= 15 is 0 Å². The van der Waals surface area contributed by atoms with Crippen molar-refractivity contribution in [3.63, 3.8) is 0 Å². The molecule has 7 heteroatoms. The van der Waals surface area contributed by atoms with Gasteiger partial charge in [-0.3, -0.25) is 0 Å². The Morgan fingerprint density at radius 3 is 2.60 bits per heavy atom. The highest BCUT2D eigenvalue weighted by atomic mass is 16.5. The van der Waals surface area contributed by atoms with Gasteiger partial charge in [0.2, 0.25) is 0 Å². The molecule has 106 valence electrons. The summed E-state index contributed by atoms with van der Waals surface area (Å²) in [5.41, 5.74) is 2.03. The van der Waals surface area contributed by atoms with E-state index < -0.39 is 11.9 Å². The highest BCUT2D eigenvalue weighted by molar-refractivity contribution is 5.97. The van der Waals surface area contributed by atoms with Gasteiger partial charge in [0.1, 0.15) is 11.1 Å². The Morgan fingerprint density at radius 1 is 1.30 bits per heavy atom. The molecule has 2 heterocycles. The van der Waals surface area contributed by atoms with Crippen molar-refractivity contribution in [3.8, 4) is 0 Å². The lowest BCUT2D eigenvalue weighted by Crippen LogP contribution is -2.13. The van der Waals surface area contributed by atoms with Gasteiger partial charge in [-0.2, -0.15) is 5.10 Å². The van der Waals surface area contributed by atoms with Crippen LogP contribution in [0.2, 0.25) is 0 Å². The quantitative estimate of drug-likeness (QED) is 0.787. The molecule has 0 saturated heterocycles. The van der Waals surface area contributed by atoms with E-state index in [1.807, 2.05) is 0 Å². The fourth-order valence-corrected chi connectivity index (χ4v) is 2.03. The molecule has 0 spiro atoms. The van der Waals surface area contributed by atoms with E-state index in [4.69, 9.17) is 9.47 Å². The van der Waals surface area contributed by atoms with Crippen molar-refractivity contribution in [2.24, 2.45) is 0 Å². The summed E-state index contributed by atoms with van der Waals surface area (Å²) in [6.07, 6.45) is 1.38. The highest BCUT2D eigenvalue weighted by Gasteiger charge is 2.22. The van der Waals surface area contributed by atoms with E-state index in [2.05, 4.69) is 10.1 Å². The molecule has 0 N–H and O–H groups in total. The van der Waals surface area contributed by atoms with Gasteiger partial charge in [-0.1, -0.05) is 0 Å². The zero-order chi connectivity index (χ0) is 14.9. The normalized spacial score (nSPS) is 10.6. The van der Waals surface area contributed by atoms with Crippen molar-refractivity contribution in [2.45, 2.75) is 20.8 Å². The summed E-state index contributed by atoms with van der Waals surface area (Å²) in [6, 6.07) is 0. The lowest BCUT2D eigenvalue weighted by molar-refractivity contribution is 0.0527. The molecule has 0 aliphatic heterocycles.